The molecule has 3 aromatic heterocycles. The molecule has 0 saturated heterocycles. The van der Waals surface area contributed by atoms with Crippen LogP contribution in [0.4, 0.5) is 5.95 Å². The number of pyridine rings is 1. The first-order chi connectivity index (χ1) is 17.3. The Morgan fingerprint density at radius 3 is 2.64 bits per heavy atom. The Kier molecular flexibility index (Phi) is 7.66. The molecule has 0 aromatic carbocycles. The van der Waals surface area contributed by atoms with Gasteiger partial charge in [0.2, 0.25) is 16.0 Å². The molecule has 0 aliphatic carbocycles. The average molecular weight is 520 g/mol. The van der Waals surface area contributed by atoms with E-state index < -0.39 is 27.4 Å². The molecule has 0 spiro atoms. The molecule has 3 atom stereocenters. The van der Waals surface area contributed by atoms with Gasteiger partial charge in [-0.15, -0.1) is 10.2 Å². The zero-order valence-corrected chi connectivity index (χ0v) is 21.5. The van der Waals surface area contributed by atoms with Crippen molar-refractivity contribution in [1.29, 1.82) is 0 Å². The number of ether oxygens (including phenoxy) is 4. The van der Waals surface area contributed by atoms with Crippen molar-refractivity contribution >= 4 is 16.0 Å². The predicted octanol–water partition coefficient (Wildman–Crippen LogP) is 1.94. The highest BCUT2D eigenvalue weighted by molar-refractivity contribution is 7.93. The summed E-state index contributed by atoms with van der Waals surface area (Å²) in [5.74, 6) is 1.40. The third-order valence-corrected chi connectivity index (χ3v) is 7.39. The number of anilines is 1. The molecule has 3 aromatic rings. The molecular formula is C22H29N7O6S. The van der Waals surface area contributed by atoms with E-state index in [-0.39, 0.29) is 25.0 Å². The largest absolute Gasteiger partial charge is 0.485 e. The van der Waals surface area contributed by atoms with Gasteiger partial charge in [0.25, 0.3) is 5.88 Å². The molecule has 1 aliphatic heterocycles. The van der Waals surface area contributed by atoms with Crippen LogP contribution in [0.3, 0.4) is 0 Å². The van der Waals surface area contributed by atoms with Crippen LogP contribution < -0.4 is 14.2 Å². The van der Waals surface area contributed by atoms with E-state index in [0.29, 0.717) is 29.6 Å². The van der Waals surface area contributed by atoms with Gasteiger partial charge in [-0.25, -0.2) is 23.4 Å². The van der Waals surface area contributed by atoms with E-state index in [1.165, 1.54) is 14.0 Å². The zero-order chi connectivity index (χ0) is 25.9. The second kappa shape index (κ2) is 10.7. The van der Waals surface area contributed by atoms with Crippen molar-refractivity contribution < 1.29 is 27.4 Å². The van der Waals surface area contributed by atoms with E-state index in [9.17, 15) is 8.42 Å². The molecule has 36 heavy (non-hydrogen) atoms. The Labute approximate surface area is 209 Å². The van der Waals surface area contributed by atoms with Crippen molar-refractivity contribution in [2.24, 2.45) is 0 Å². The number of hydrogen-bond acceptors (Lipinski definition) is 11. The summed E-state index contributed by atoms with van der Waals surface area (Å²) in [5.41, 5.74) is 1.42. The van der Waals surface area contributed by atoms with Crippen molar-refractivity contribution in [2.75, 3.05) is 38.8 Å². The van der Waals surface area contributed by atoms with Crippen LogP contribution in [0.25, 0.3) is 11.4 Å². The first-order valence-electron chi connectivity index (χ1n) is 11.3. The van der Waals surface area contributed by atoms with Gasteiger partial charge >= 0.3 is 0 Å². The quantitative estimate of drug-likeness (QED) is 0.418. The normalized spacial score (nSPS) is 16.8. The zero-order valence-electron chi connectivity index (χ0n) is 20.7. The maximum atomic E-state index is 13.4. The number of fused-ring (bicyclic) bond motifs is 3. The number of methoxy groups -OCH3 is 2. The summed E-state index contributed by atoms with van der Waals surface area (Å²) in [6.45, 7) is 5.98. The molecule has 0 saturated carbocycles. The van der Waals surface area contributed by atoms with Crippen LogP contribution in [-0.4, -0.2) is 77.4 Å². The first kappa shape index (κ1) is 25.7. The molecule has 13 nitrogen and oxygen atoms in total. The highest BCUT2D eigenvalue weighted by Gasteiger charge is 2.36. The van der Waals surface area contributed by atoms with E-state index in [1.54, 1.807) is 36.3 Å². The number of aryl methyl sites for hydroxylation is 1. The summed E-state index contributed by atoms with van der Waals surface area (Å²) in [6, 6.07) is 1.28. The fourth-order valence-corrected chi connectivity index (χ4v) is 5.02. The van der Waals surface area contributed by atoms with Gasteiger partial charge in [0.1, 0.15) is 18.0 Å². The minimum absolute atomic E-state index is 0.0183. The molecule has 0 amide bonds. The van der Waals surface area contributed by atoms with Crippen LogP contribution in [-0.2, 0) is 19.5 Å². The molecule has 0 unspecified atom stereocenters. The van der Waals surface area contributed by atoms with Crippen LogP contribution in [0.2, 0.25) is 0 Å². The minimum atomic E-state index is -4.03. The predicted molar refractivity (Wildman–Crippen MR) is 129 cm³/mol. The molecule has 194 valence electrons. The number of sulfonamides is 1. The van der Waals surface area contributed by atoms with Gasteiger partial charge in [0.05, 0.1) is 24.8 Å². The SMILES string of the molecule is CCOc1nccc2c1OC[C@@H](COC)n1c(NS(=O)(=O)[C@@H](C)[C@H](OC)c3ncc(C)cn3)nnc1-2. The number of nitrogens with zero attached hydrogens (tertiary/aromatic N) is 6. The van der Waals surface area contributed by atoms with E-state index in [0.717, 1.165) is 5.56 Å². The number of aromatic nitrogens is 6. The van der Waals surface area contributed by atoms with Gasteiger partial charge in [-0.2, -0.15) is 0 Å². The summed E-state index contributed by atoms with van der Waals surface area (Å²) in [6.07, 6.45) is 3.88. The van der Waals surface area contributed by atoms with Gasteiger partial charge in [-0.05, 0) is 32.4 Å². The third-order valence-electron chi connectivity index (χ3n) is 5.69. The van der Waals surface area contributed by atoms with Gasteiger partial charge in [0.15, 0.2) is 17.4 Å². The molecule has 1 N–H and O–H groups in total. The standard InChI is InChI=1S/C22H29N7O6S/c1-6-34-21-18-16(7-8-23-21)20-26-27-22(29(20)15(11-32-4)12-35-18)28-36(30,31)14(3)17(33-5)19-24-9-13(2)10-25-19/h7-10,14-15,17H,6,11-12H2,1-5H3,(H,27,28)/t14-,15+,17-/m0/s1. The molecule has 4 rings (SSSR count). The van der Waals surface area contributed by atoms with E-state index in [1.807, 2.05) is 13.8 Å². The first-order valence-corrected chi connectivity index (χ1v) is 12.9. The summed E-state index contributed by atoms with van der Waals surface area (Å²) in [5, 5.41) is 7.39. The summed E-state index contributed by atoms with van der Waals surface area (Å²) in [7, 11) is -1.07. The maximum Gasteiger partial charge on any atom is 0.257 e. The second-order valence-corrected chi connectivity index (χ2v) is 10.2. The maximum absolute atomic E-state index is 13.4. The third kappa shape index (κ3) is 4.96. The summed E-state index contributed by atoms with van der Waals surface area (Å²) < 4.78 is 53.6. The Morgan fingerprint density at radius 2 is 1.97 bits per heavy atom. The highest BCUT2D eigenvalue weighted by atomic mass is 32.2. The van der Waals surface area contributed by atoms with Crippen molar-refractivity contribution in [2.45, 2.75) is 38.2 Å². The molecular weight excluding hydrogens is 490 g/mol. The molecule has 1 aliphatic rings. The van der Waals surface area contributed by atoms with Gasteiger partial charge in [0, 0.05) is 32.8 Å². The van der Waals surface area contributed by atoms with Crippen LogP contribution in [0, 0.1) is 6.92 Å². The highest BCUT2D eigenvalue weighted by Crippen LogP contribution is 2.41. The van der Waals surface area contributed by atoms with Crippen LogP contribution in [0.1, 0.15) is 37.4 Å². The van der Waals surface area contributed by atoms with Gasteiger partial charge < -0.3 is 18.9 Å². The topological polar surface area (TPSA) is 152 Å². The number of nitrogens with one attached hydrogen (secondary N) is 1. The number of rotatable bonds is 10. The Morgan fingerprint density at radius 1 is 1.22 bits per heavy atom. The monoisotopic (exact) mass is 519 g/mol. The molecule has 4 heterocycles. The van der Waals surface area contributed by atoms with Crippen molar-refractivity contribution in [3.05, 3.63) is 36.0 Å². The van der Waals surface area contributed by atoms with E-state index in [2.05, 4.69) is 29.9 Å². The molecule has 0 radical (unpaired) electrons. The van der Waals surface area contributed by atoms with Gasteiger partial charge in [-0.1, -0.05) is 0 Å². The van der Waals surface area contributed by atoms with Crippen molar-refractivity contribution in [1.82, 2.24) is 29.7 Å². The van der Waals surface area contributed by atoms with Crippen molar-refractivity contribution in [3.63, 3.8) is 0 Å². The average Bonchev–Trinajstić information content (AvgIpc) is 3.18. The minimum Gasteiger partial charge on any atom is -0.485 e. The molecule has 0 bridgehead atoms. The molecule has 0 fully saturated rings. The Hall–Kier alpha value is -3.36. The van der Waals surface area contributed by atoms with Crippen LogP contribution in [0.5, 0.6) is 11.6 Å². The lowest BCUT2D eigenvalue weighted by molar-refractivity contribution is 0.0949. The lowest BCUT2D eigenvalue weighted by Gasteiger charge is -2.23. The summed E-state index contributed by atoms with van der Waals surface area (Å²) in [4.78, 5) is 12.7. The lowest BCUT2D eigenvalue weighted by Crippen LogP contribution is -2.34. The number of hydrogen-bond donors (Lipinski definition) is 1. The van der Waals surface area contributed by atoms with Gasteiger partial charge in [-0.3, -0.25) is 9.29 Å². The summed E-state index contributed by atoms with van der Waals surface area (Å²) >= 11 is 0. The van der Waals surface area contributed by atoms with Crippen molar-refractivity contribution in [3.8, 4) is 23.0 Å². The lowest BCUT2D eigenvalue weighted by atomic mass is 10.2. The smallest absolute Gasteiger partial charge is 0.257 e. The Balaban J connectivity index is 1.72. The fourth-order valence-electron chi connectivity index (χ4n) is 3.88. The fraction of sp³-hybridized carbons (Fsp3) is 0.500. The second-order valence-electron chi connectivity index (χ2n) is 8.19. The molecule has 14 heteroatoms. The van der Waals surface area contributed by atoms with Crippen LogP contribution >= 0.6 is 0 Å². The van der Waals surface area contributed by atoms with Crippen LogP contribution in [0.15, 0.2) is 24.7 Å². The van der Waals surface area contributed by atoms with E-state index >= 15 is 0 Å². The van der Waals surface area contributed by atoms with E-state index in [4.69, 9.17) is 18.9 Å². The Bertz CT molecular complexity index is 1300.